The van der Waals surface area contributed by atoms with Crippen LogP contribution in [0.3, 0.4) is 0 Å². The van der Waals surface area contributed by atoms with Gasteiger partial charge in [0.2, 0.25) is 0 Å². The van der Waals surface area contributed by atoms with Crippen LogP contribution in [-0.2, 0) is 0 Å². The molecule has 1 aromatic rings. The van der Waals surface area contributed by atoms with E-state index in [0.717, 1.165) is 23.8 Å². The van der Waals surface area contributed by atoms with Gasteiger partial charge in [0.15, 0.2) is 0 Å². The number of benzene rings is 1. The van der Waals surface area contributed by atoms with E-state index in [1.165, 1.54) is 50.7 Å². The first-order valence-corrected chi connectivity index (χ1v) is 9.61. The van der Waals surface area contributed by atoms with Crippen LogP contribution in [0.1, 0.15) is 54.4 Å². The summed E-state index contributed by atoms with van der Waals surface area (Å²) < 4.78 is 13.8. The van der Waals surface area contributed by atoms with Gasteiger partial charge < -0.3 is 10.0 Å². The van der Waals surface area contributed by atoms with E-state index in [2.05, 4.69) is 0 Å². The van der Waals surface area contributed by atoms with E-state index in [0.29, 0.717) is 6.54 Å². The van der Waals surface area contributed by atoms with Crippen LogP contribution in [0, 0.1) is 40.3 Å². The average molecular weight is 356 g/mol. The summed E-state index contributed by atoms with van der Waals surface area (Å²) in [5, 5.41) is 18.5. The molecule has 0 unspecified atom stereocenters. The lowest BCUT2D eigenvalue weighted by atomic mass is 9.49. The molecule has 0 radical (unpaired) electrons. The summed E-state index contributed by atoms with van der Waals surface area (Å²) in [7, 11) is 0. The first kappa shape index (κ1) is 17.5. The van der Waals surface area contributed by atoms with Crippen LogP contribution in [0.5, 0.6) is 0 Å². The molecule has 4 bridgehead atoms. The number of amides is 1. The summed E-state index contributed by atoms with van der Waals surface area (Å²) in [5.74, 6) is 1.49. The Morgan fingerprint density at radius 3 is 2.35 bits per heavy atom. The normalized spacial score (nSPS) is 31.7. The number of rotatable bonds is 5. The van der Waals surface area contributed by atoms with Crippen molar-refractivity contribution in [2.75, 3.05) is 19.7 Å². The molecule has 1 N–H and O–H groups in total. The fourth-order valence-corrected chi connectivity index (χ4v) is 6.22. The molecular formula is C21H25FN2O2. The predicted molar refractivity (Wildman–Crippen MR) is 94.7 cm³/mol. The number of halogens is 1. The number of aliphatic hydroxyl groups is 1. The summed E-state index contributed by atoms with van der Waals surface area (Å²) in [6.45, 7) is 0.770. The van der Waals surface area contributed by atoms with Crippen molar-refractivity contribution in [2.45, 2.75) is 38.5 Å². The Labute approximate surface area is 153 Å². The highest BCUT2D eigenvalue weighted by Gasteiger charge is 2.51. The van der Waals surface area contributed by atoms with Crippen molar-refractivity contribution in [3.63, 3.8) is 0 Å². The summed E-state index contributed by atoms with van der Waals surface area (Å²) in [6, 6.07) is 5.66. The highest BCUT2D eigenvalue weighted by Crippen LogP contribution is 2.60. The fourth-order valence-electron chi connectivity index (χ4n) is 6.22. The topological polar surface area (TPSA) is 64.3 Å². The predicted octanol–water partition coefficient (Wildman–Crippen LogP) is 3.35. The molecule has 5 heteroatoms. The second-order valence-electron chi connectivity index (χ2n) is 8.71. The molecule has 26 heavy (non-hydrogen) atoms. The zero-order valence-corrected chi connectivity index (χ0v) is 15.0. The third-order valence-electron chi connectivity index (χ3n) is 6.62. The molecule has 0 aromatic heterocycles. The van der Waals surface area contributed by atoms with Crippen LogP contribution >= 0.6 is 0 Å². The highest BCUT2D eigenvalue weighted by atomic mass is 19.1. The third-order valence-corrected chi connectivity index (χ3v) is 6.62. The molecule has 4 aliphatic carbocycles. The first-order valence-electron chi connectivity index (χ1n) is 9.61. The minimum atomic E-state index is -0.578. The van der Waals surface area contributed by atoms with Gasteiger partial charge in [0.1, 0.15) is 5.82 Å². The number of hydrogen-bond acceptors (Lipinski definition) is 3. The lowest BCUT2D eigenvalue weighted by Gasteiger charge is -2.57. The second-order valence-corrected chi connectivity index (χ2v) is 8.71. The molecule has 1 amide bonds. The van der Waals surface area contributed by atoms with Crippen molar-refractivity contribution in [2.24, 2.45) is 23.2 Å². The third kappa shape index (κ3) is 3.23. The van der Waals surface area contributed by atoms with Crippen LogP contribution in [0.15, 0.2) is 18.2 Å². The molecule has 1 aromatic carbocycles. The van der Waals surface area contributed by atoms with Gasteiger partial charge >= 0.3 is 0 Å². The maximum Gasteiger partial charge on any atom is 0.254 e. The largest absolute Gasteiger partial charge is 0.395 e. The summed E-state index contributed by atoms with van der Waals surface area (Å²) in [6.07, 6.45) is 7.51. The Bertz CT molecular complexity index is 720. The van der Waals surface area contributed by atoms with Gasteiger partial charge in [0.05, 0.1) is 18.2 Å². The minimum Gasteiger partial charge on any atom is -0.395 e. The molecule has 4 saturated carbocycles. The molecule has 4 nitrogen and oxygen atoms in total. The van der Waals surface area contributed by atoms with Gasteiger partial charge in [-0.15, -0.1) is 0 Å². The number of nitrogens with zero attached hydrogens (tertiary/aromatic N) is 2. The number of carbonyl (C=O) groups excluding carboxylic acids is 1. The molecule has 5 rings (SSSR count). The lowest BCUT2D eigenvalue weighted by Crippen LogP contribution is -2.52. The van der Waals surface area contributed by atoms with E-state index in [1.54, 1.807) is 4.90 Å². The molecule has 0 spiro atoms. The average Bonchev–Trinajstić information content (AvgIpc) is 2.58. The van der Waals surface area contributed by atoms with Crippen molar-refractivity contribution in [3.8, 4) is 6.07 Å². The van der Waals surface area contributed by atoms with Crippen molar-refractivity contribution >= 4 is 5.91 Å². The summed E-state index contributed by atoms with van der Waals surface area (Å²) in [5.41, 5.74) is 0.497. The van der Waals surface area contributed by atoms with Crippen LogP contribution < -0.4 is 0 Å². The van der Waals surface area contributed by atoms with Crippen LogP contribution in [0.2, 0.25) is 0 Å². The molecule has 4 aliphatic rings. The van der Waals surface area contributed by atoms with Crippen molar-refractivity contribution in [3.05, 3.63) is 35.1 Å². The highest BCUT2D eigenvalue weighted by molar-refractivity contribution is 5.94. The van der Waals surface area contributed by atoms with E-state index < -0.39 is 5.82 Å². The van der Waals surface area contributed by atoms with Gasteiger partial charge in [-0.05, 0) is 79.9 Å². The van der Waals surface area contributed by atoms with Gasteiger partial charge in [0, 0.05) is 18.7 Å². The number of hydrogen-bond donors (Lipinski definition) is 1. The molecule has 4 fully saturated rings. The number of carbonyl (C=O) groups is 1. The van der Waals surface area contributed by atoms with E-state index in [9.17, 15) is 14.3 Å². The quantitative estimate of drug-likeness (QED) is 0.880. The minimum absolute atomic E-state index is 0.113. The number of nitriles is 1. The lowest BCUT2D eigenvalue weighted by molar-refractivity contribution is -0.0662. The van der Waals surface area contributed by atoms with E-state index in [4.69, 9.17) is 5.26 Å². The second kappa shape index (κ2) is 6.66. The van der Waals surface area contributed by atoms with Crippen LogP contribution in [-0.4, -0.2) is 35.6 Å². The zero-order chi connectivity index (χ0) is 18.3. The van der Waals surface area contributed by atoms with Crippen LogP contribution in [0.4, 0.5) is 4.39 Å². The molecular weight excluding hydrogens is 331 g/mol. The Morgan fingerprint density at radius 2 is 1.81 bits per heavy atom. The Hall–Kier alpha value is -1.93. The molecule has 0 atom stereocenters. The van der Waals surface area contributed by atoms with Crippen molar-refractivity contribution in [1.82, 2.24) is 4.90 Å². The Balaban J connectivity index is 1.57. The van der Waals surface area contributed by atoms with E-state index >= 15 is 0 Å². The van der Waals surface area contributed by atoms with Gasteiger partial charge in [-0.1, -0.05) is 0 Å². The monoisotopic (exact) mass is 356 g/mol. The zero-order valence-electron chi connectivity index (χ0n) is 15.0. The fraction of sp³-hybridized carbons (Fsp3) is 0.619. The standard InChI is InChI=1S/C21H25FN2O2/c22-19-7-17(12-23)6-18(8-19)20(26)24(1-2-25)13-21-9-14-3-15(10-21)5-16(4-14)11-21/h6-8,14-16,25H,1-5,9-11,13H2. The van der Waals surface area contributed by atoms with E-state index in [1.807, 2.05) is 6.07 Å². The summed E-state index contributed by atoms with van der Waals surface area (Å²) >= 11 is 0. The number of aliphatic hydroxyl groups excluding tert-OH is 1. The van der Waals surface area contributed by atoms with Gasteiger partial charge in [0.25, 0.3) is 5.91 Å². The molecule has 138 valence electrons. The SMILES string of the molecule is N#Cc1cc(F)cc(C(=O)N(CCO)CC23CC4CC(CC(C4)C2)C3)c1. The maximum absolute atomic E-state index is 13.8. The Morgan fingerprint density at radius 1 is 1.19 bits per heavy atom. The van der Waals surface area contributed by atoms with Crippen molar-refractivity contribution < 1.29 is 14.3 Å². The van der Waals surface area contributed by atoms with Gasteiger partial charge in [-0.3, -0.25) is 4.79 Å². The van der Waals surface area contributed by atoms with Gasteiger partial charge in [-0.25, -0.2) is 4.39 Å². The van der Waals surface area contributed by atoms with Crippen molar-refractivity contribution in [1.29, 1.82) is 5.26 Å². The smallest absolute Gasteiger partial charge is 0.254 e. The first-order chi connectivity index (χ1) is 12.5. The molecule has 0 aliphatic heterocycles. The molecule has 0 heterocycles. The van der Waals surface area contributed by atoms with E-state index in [-0.39, 0.29) is 35.6 Å². The maximum atomic E-state index is 13.8. The summed E-state index contributed by atoms with van der Waals surface area (Å²) in [4.78, 5) is 14.7. The van der Waals surface area contributed by atoms with Gasteiger partial charge in [-0.2, -0.15) is 5.26 Å². The Kier molecular flexibility index (Phi) is 4.48. The molecule has 0 saturated heterocycles. The van der Waals surface area contributed by atoms with Crippen LogP contribution in [0.25, 0.3) is 0 Å².